The second-order valence-electron chi connectivity index (χ2n) is 5.21. The quantitative estimate of drug-likeness (QED) is 0.546. The van der Waals surface area contributed by atoms with Crippen LogP contribution in [0.5, 0.6) is 0 Å². The van der Waals surface area contributed by atoms with E-state index in [1.807, 2.05) is 58.1 Å². The molecule has 2 aromatic heterocycles. The van der Waals surface area contributed by atoms with Crippen molar-refractivity contribution < 1.29 is 4.42 Å². The zero-order valence-corrected chi connectivity index (χ0v) is 17.1. The Balaban J connectivity index is 0. The SMILES string of the molecule is CC.CC.Cc1ccc(C(C)C)o1.Cc1ccc(C(C)C)s1. The number of hydrogen-bond acceptors (Lipinski definition) is 2. The molecule has 0 saturated heterocycles. The zero-order chi connectivity index (χ0) is 17.7. The third kappa shape index (κ3) is 9.83. The van der Waals surface area contributed by atoms with Gasteiger partial charge in [0.2, 0.25) is 0 Å². The van der Waals surface area contributed by atoms with Crippen LogP contribution in [0.4, 0.5) is 0 Å². The molecule has 0 aliphatic rings. The molecular formula is C20H36OS. The van der Waals surface area contributed by atoms with E-state index in [2.05, 4.69) is 46.8 Å². The minimum absolute atomic E-state index is 0.513. The van der Waals surface area contributed by atoms with Crippen LogP contribution in [0.1, 0.15) is 88.5 Å². The summed E-state index contributed by atoms with van der Waals surface area (Å²) in [4.78, 5) is 2.91. The standard InChI is InChI=1S/C8H12O.C8H12S.2C2H6/c2*1-6(2)8-5-4-7(3)9-8;2*1-2/h2*4-6H,1-3H3;2*1-2H3. The average molecular weight is 325 g/mol. The second kappa shape index (κ2) is 13.6. The Bertz CT molecular complexity index is 419. The predicted octanol–water partition coefficient (Wildman–Crippen LogP) is 7.94. The predicted molar refractivity (Wildman–Crippen MR) is 103 cm³/mol. The van der Waals surface area contributed by atoms with E-state index in [1.54, 1.807) is 0 Å². The van der Waals surface area contributed by atoms with Gasteiger partial charge < -0.3 is 4.42 Å². The fourth-order valence-corrected chi connectivity index (χ4v) is 2.41. The van der Waals surface area contributed by atoms with Gasteiger partial charge in [0.25, 0.3) is 0 Å². The average Bonchev–Trinajstić information content (AvgIpc) is 3.13. The van der Waals surface area contributed by atoms with Crippen LogP contribution in [-0.2, 0) is 0 Å². The van der Waals surface area contributed by atoms with Crippen molar-refractivity contribution in [3.05, 3.63) is 45.5 Å². The van der Waals surface area contributed by atoms with Crippen LogP contribution in [0.15, 0.2) is 28.7 Å². The third-order valence-corrected chi connectivity index (χ3v) is 3.96. The van der Waals surface area contributed by atoms with Gasteiger partial charge in [0.05, 0.1) is 0 Å². The monoisotopic (exact) mass is 324 g/mol. The van der Waals surface area contributed by atoms with E-state index >= 15 is 0 Å². The van der Waals surface area contributed by atoms with Gasteiger partial charge in [-0.1, -0.05) is 55.4 Å². The molecule has 2 rings (SSSR count). The Kier molecular flexibility index (Phi) is 14.4. The molecule has 0 aliphatic heterocycles. The summed E-state index contributed by atoms with van der Waals surface area (Å²) in [7, 11) is 0. The van der Waals surface area contributed by atoms with E-state index in [0.29, 0.717) is 11.8 Å². The van der Waals surface area contributed by atoms with Gasteiger partial charge in [0.1, 0.15) is 11.5 Å². The van der Waals surface area contributed by atoms with E-state index in [9.17, 15) is 0 Å². The maximum Gasteiger partial charge on any atom is 0.106 e. The molecule has 0 unspecified atom stereocenters. The normalized spacial score (nSPS) is 9.27. The van der Waals surface area contributed by atoms with Crippen molar-refractivity contribution in [2.24, 2.45) is 0 Å². The molecule has 128 valence electrons. The highest BCUT2D eigenvalue weighted by atomic mass is 32.1. The molecule has 0 saturated carbocycles. The number of aryl methyl sites for hydroxylation is 2. The minimum Gasteiger partial charge on any atom is -0.466 e. The maximum atomic E-state index is 5.34. The molecule has 0 spiro atoms. The molecule has 0 bridgehead atoms. The van der Waals surface area contributed by atoms with Gasteiger partial charge in [0.15, 0.2) is 0 Å². The van der Waals surface area contributed by atoms with Crippen LogP contribution in [0.25, 0.3) is 0 Å². The Morgan fingerprint density at radius 2 is 1.32 bits per heavy atom. The summed E-state index contributed by atoms with van der Waals surface area (Å²) in [5.41, 5.74) is 0. The van der Waals surface area contributed by atoms with Gasteiger partial charge in [-0.2, -0.15) is 0 Å². The molecule has 0 N–H and O–H groups in total. The lowest BCUT2D eigenvalue weighted by molar-refractivity contribution is 0.463. The van der Waals surface area contributed by atoms with Crippen molar-refractivity contribution in [2.45, 2.75) is 81.1 Å². The van der Waals surface area contributed by atoms with Crippen LogP contribution in [-0.4, -0.2) is 0 Å². The van der Waals surface area contributed by atoms with Crippen molar-refractivity contribution >= 4 is 11.3 Å². The number of rotatable bonds is 2. The lowest BCUT2D eigenvalue weighted by atomic mass is 10.2. The van der Waals surface area contributed by atoms with Gasteiger partial charge in [-0.3, -0.25) is 0 Å². The number of hydrogen-bond donors (Lipinski definition) is 0. The first-order chi connectivity index (χ1) is 10.4. The molecular weight excluding hydrogens is 288 g/mol. The molecule has 2 heteroatoms. The Hall–Kier alpha value is -1.02. The highest BCUT2D eigenvalue weighted by Crippen LogP contribution is 2.22. The number of thiophene rings is 1. The molecule has 0 aromatic carbocycles. The van der Waals surface area contributed by atoms with Crippen molar-refractivity contribution in [1.29, 1.82) is 0 Å². The minimum atomic E-state index is 0.513. The third-order valence-electron chi connectivity index (χ3n) is 2.66. The highest BCUT2D eigenvalue weighted by Gasteiger charge is 2.01. The van der Waals surface area contributed by atoms with Gasteiger partial charge in [0, 0.05) is 15.7 Å². The van der Waals surface area contributed by atoms with Gasteiger partial charge >= 0.3 is 0 Å². The fourth-order valence-electron chi connectivity index (χ4n) is 1.53. The summed E-state index contributed by atoms with van der Waals surface area (Å²) in [6, 6.07) is 8.42. The molecule has 22 heavy (non-hydrogen) atoms. The van der Waals surface area contributed by atoms with Gasteiger partial charge in [-0.05, 0) is 44.0 Å². The van der Waals surface area contributed by atoms with Gasteiger partial charge in [-0.15, -0.1) is 11.3 Å². The van der Waals surface area contributed by atoms with E-state index in [4.69, 9.17) is 4.42 Å². The summed E-state index contributed by atoms with van der Waals surface area (Å²) >= 11 is 1.90. The molecule has 2 aromatic rings. The molecule has 0 atom stereocenters. The lowest BCUT2D eigenvalue weighted by Gasteiger charge is -1.96. The van der Waals surface area contributed by atoms with E-state index in [0.717, 1.165) is 11.5 Å². The first kappa shape index (κ1) is 23.2. The van der Waals surface area contributed by atoms with Crippen LogP contribution in [0.2, 0.25) is 0 Å². The first-order valence-electron chi connectivity index (χ1n) is 8.52. The summed E-state index contributed by atoms with van der Waals surface area (Å²) < 4.78 is 5.34. The van der Waals surface area contributed by atoms with Gasteiger partial charge in [-0.25, -0.2) is 0 Å². The Morgan fingerprint density at radius 1 is 0.773 bits per heavy atom. The summed E-state index contributed by atoms with van der Waals surface area (Å²) in [5.74, 6) is 3.29. The van der Waals surface area contributed by atoms with Crippen LogP contribution in [0, 0.1) is 13.8 Å². The first-order valence-corrected chi connectivity index (χ1v) is 9.34. The molecule has 0 fully saturated rings. The summed E-state index contributed by atoms with van der Waals surface area (Å²) in [5, 5.41) is 0. The summed E-state index contributed by atoms with van der Waals surface area (Å²) in [6.07, 6.45) is 0. The Morgan fingerprint density at radius 3 is 1.50 bits per heavy atom. The van der Waals surface area contributed by atoms with Crippen molar-refractivity contribution in [1.82, 2.24) is 0 Å². The maximum absolute atomic E-state index is 5.34. The highest BCUT2D eigenvalue weighted by molar-refractivity contribution is 7.12. The summed E-state index contributed by atoms with van der Waals surface area (Å²) in [6.45, 7) is 20.8. The van der Waals surface area contributed by atoms with Crippen LogP contribution in [0.3, 0.4) is 0 Å². The number of furan rings is 1. The smallest absolute Gasteiger partial charge is 0.106 e. The fraction of sp³-hybridized carbons (Fsp3) is 0.600. The second-order valence-corrected chi connectivity index (χ2v) is 6.53. The van der Waals surface area contributed by atoms with Crippen molar-refractivity contribution in [2.75, 3.05) is 0 Å². The van der Waals surface area contributed by atoms with Crippen LogP contribution < -0.4 is 0 Å². The van der Waals surface area contributed by atoms with E-state index in [1.165, 1.54) is 9.75 Å². The largest absolute Gasteiger partial charge is 0.466 e. The molecule has 0 aliphatic carbocycles. The molecule has 1 nitrogen and oxygen atoms in total. The van der Waals surface area contributed by atoms with Crippen LogP contribution >= 0.6 is 11.3 Å². The van der Waals surface area contributed by atoms with Crippen molar-refractivity contribution in [3.8, 4) is 0 Å². The molecule has 2 heterocycles. The molecule has 0 amide bonds. The Labute approximate surface area is 142 Å². The molecule has 0 radical (unpaired) electrons. The van der Waals surface area contributed by atoms with Crippen molar-refractivity contribution in [3.63, 3.8) is 0 Å². The van der Waals surface area contributed by atoms with E-state index in [-0.39, 0.29) is 0 Å². The topological polar surface area (TPSA) is 13.1 Å². The zero-order valence-electron chi connectivity index (χ0n) is 16.3. The van der Waals surface area contributed by atoms with E-state index < -0.39 is 0 Å². The lowest BCUT2D eigenvalue weighted by Crippen LogP contribution is -1.79.